The minimum atomic E-state index is -0.376. The lowest BCUT2D eigenvalue weighted by molar-refractivity contribution is 0.0595. The number of hydrogen-bond acceptors (Lipinski definition) is 3. The van der Waals surface area contributed by atoms with Gasteiger partial charge in [0.1, 0.15) is 11.4 Å². The van der Waals surface area contributed by atoms with E-state index >= 15 is 0 Å². The number of nitrogens with one attached hydrogen (secondary N) is 1. The molecule has 1 heterocycles. The van der Waals surface area contributed by atoms with Crippen molar-refractivity contribution in [2.24, 2.45) is 0 Å². The molecule has 2 rings (SSSR count). The third-order valence-electron chi connectivity index (χ3n) is 2.33. The molecule has 0 amide bonds. The Balaban J connectivity index is 2.52. The first kappa shape index (κ1) is 10.5. The Morgan fingerprint density at radius 1 is 1.44 bits per heavy atom. The Morgan fingerprint density at radius 3 is 2.94 bits per heavy atom. The average molecular weight is 219 g/mol. The molecule has 0 saturated heterocycles. The molecule has 0 bridgehead atoms. The van der Waals surface area contributed by atoms with E-state index in [0.29, 0.717) is 12.3 Å². The second-order valence-electron chi connectivity index (χ2n) is 3.32. The topological polar surface area (TPSA) is 51.3 Å². The van der Waals surface area contributed by atoms with Crippen molar-refractivity contribution in [3.63, 3.8) is 0 Å². The number of methoxy groups -OCH3 is 1. The summed E-state index contributed by atoms with van der Waals surface area (Å²) in [4.78, 5) is 14.3. The van der Waals surface area contributed by atoms with Gasteiger partial charge in [-0.15, -0.1) is 0 Å². The van der Waals surface area contributed by atoms with Crippen LogP contribution < -0.4 is 4.74 Å². The molecule has 2 aromatic rings. The van der Waals surface area contributed by atoms with Crippen LogP contribution in [0.15, 0.2) is 24.3 Å². The van der Waals surface area contributed by atoms with Gasteiger partial charge in [0.15, 0.2) is 0 Å². The van der Waals surface area contributed by atoms with Crippen LogP contribution in [0.2, 0.25) is 0 Å². The maximum absolute atomic E-state index is 11.4. The fraction of sp³-hybridized carbons (Fsp3) is 0.250. The molecule has 0 aliphatic carbocycles. The highest BCUT2D eigenvalue weighted by molar-refractivity contribution is 5.96. The van der Waals surface area contributed by atoms with Crippen molar-refractivity contribution >= 4 is 16.9 Å². The number of H-pyrrole nitrogens is 1. The number of ether oxygens (including phenoxy) is 2. The molecular formula is C12H13NO3. The lowest BCUT2D eigenvalue weighted by Crippen LogP contribution is -2.00. The van der Waals surface area contributed by atoms with Crippen molar-refractivity contribution < 1.29 is 14.3 Å². The van der Waals surface area contributed by atoms with Gasteiger partial charge in [-0.05, 0) is 25.1 Å². The van der Waals surface area contributed by atoms with Crippen molar-refractivity contribution in [3.8, 4) is 5.75 Å². The number of aromatic nitrogens is 1. The third-order valence-corrected chi connectivity index (χ3v) is 2.33. The second-order valence-corrected chi connectivity index (χ2v) is 3.32. The van der Waals surface area contributed by atoms with Gasteiger partial charge in [0.25, 0.3) is 0 Å². The van der Waals surface area contributed by atoms with Gasteiger partial charge in [-0.3, -0.25) is 0 Å². The molecule has 16 heavy (non-hydrogen) atoms. The predicted octanol–water partition coefficient (Wildman–Crippen LogP) is 2.35. The normalized spacial score (nSPS) is 10.4. The van der Waals surface area contributed by atoms with E-state index in [2.05, 4.69) is 9.72 Å². The molecular weight excluding hydrogens is 206 g/mol. The first-order valence-electron chi connectivity index (χ1n) is 5.09. The number of aromatic amines is 1. The van der Waals surface area contributed by atoms with Crippen molar-refractivity contribution in [2.75, 3.05) is 13.7 Å². The summed E-state index contributed by atoms with van der Waals surface area (Å²) in [5.74, 6) is 0.394. The van der Waals surface area contributed by atoms with Crippen LogP contribution in [0.25, 0.3) is 10.9 Å². The maximum Gasteiger partial charge on any atom is 0.354 e. The Morgan fingerprint density at radius 2 is 2.25 bits per heavy atom. The van der Waals surface area contributed by atoms with E-state index in [0.717, 1.165) is 16.7 Å². The molecule has 0 saturated carbocycles. The highest BCUT2D eigenvalue weighted by Gasteiger charge is 2.11. The molecule has 0 unspecified atom stereocenters. The molecule has 0 aliphatic heterocycles. The van der Waals surface area contributed by atoms with Crippen LogP contribution in [0, 0.1) is 0 Å². The zero-order valence-corrected chi connectivity index (χ0v) is 9.24. The molecule has 84 valence electrons. The quantitative estimate of drug-likeness (QED) is 0.806. The number of esters is 1. The molecule has 4 heteroatoms. The van der Waals surface area contributed by atoms with Gasteiger partial charge < -0.3 is 14.5 Å². The van der Waals surface area contributed by atoms with E-state index in [1.807, 2.05) is 25.1 Å². The number of carbonyl (C=O) groups excluding carboxylic acids is 1. The van der Waals surface area contributed by atoms with E-state index < -0.39 is 0 Å². The van der Waals surface area contributed by atoms with Crippen LogP contribution in [0.4, 0.5) is 0 Å². The molecule has 0 fully saturated rings. The Labute approximate surface area is 93.2 Å². The number of rotatable bonds is 3. The largest absolute Gasteiger partial charge is 0.493 e. The van der Waals surface area contributed by atoms with Crippen LogP contribution in [0.3, 0.4) is 0 Å². The summed E-state index contributed by atoms with van der Waals surface area (Å²) in [6.45, 7) is 2.52. The Bertz CT molecular complexity index is 516. The van der Waals surface area contributed by atoms with Crippen molar-refractivity contribution in [1.82, 2.24) is 4.98 Å². The minimum absolute atomic E-state index is 0.376. The van der Waals surface area contributed by atoms with Gasteiger partial charge in [0.05, 0.1) is 13.7 Å². The highest BCUT2D eigenvalue weighted by Crippen LogP contribution is 2.26. The van der Waals surface area contributed by atoms with Crippen molar-refractivity contribution in [1.29, 1.82) is 0 Å². The van der Waals surface area contributed by atoms with Crippen LogP contribution in [-0.2, 0) is 4.74 Å². The second kappa shape index (κ2) is 4.26. The van der Waals surface area contributed by atoms with Gasteiger partial charge in [-0.2, -0.15) is 0 Å². The molecule has 0 atom stereocenters. The van der Waals surface area contributed by atoms with E-state index in [4.69, 9.17) is 4.74 Å². The number of fused-ring (bicyclic) bond motifs is 1. The number of hydrogen-bond donors (Lipinski definition) is 1. The molecule has 0 radical (unpaired) electrons. The van der Waals surface area contributed by atoms with Crippen molar-refractivity contribution in [2.45, 2.75) is 6.92 Å². The molecule has 4 nitrogen and oxygen atoms in total. The first-order valence-corrected chi connectivity index (χ1v) is 5.09. The fourth-order valence-electron chi connectivity index (χ4n) is 1.63. The van der Waals surface area contributed by atoms with Crippen LogP contribution in [0.1, 0.15) is 17.4 Å². The standard InChI is InChI=1S/C12H13NO3/c1-3-16-11-6-4-5-9-8(11)7-10(13-9)12(14)15-2/h4-7,13H,3H2,1-2H3. The van der Waals surface area contributed by atoms with Crippen LogP contribution >= 0.6 is 0 Å². The zero-order valence-electron chi connectivity index (χ0n) is 9.24. The van der Waals surface area contributed by atoms with Gasteiger partial charge in [-0.1, -0.05) is 6.07 Å². The lowest BCUT2D eigenvalue weighted by atomic mass is 10.2. The molecule has 1 N–H and O–H groups in total. The van der Waals surface area contributed by atoms with Crippen LogP contribution in [-0.4, -0.2) is 24.7 Å². The fourth-order valence-corrected chi connectivity index (χ4v) is 1.63. The van der Waals surface area contributed by atoms with Crippen LogP contribution in [0.5, 0.6) is 5.75 Å². The predicted molar refractivity (Wildman–Crippen MR) is 60.8 cm³/mol. The number of carbonyl (C=O) groups is 1. The molecule has 0 spiro atoms. The maximum atomic E-state index is 11.4. The number of benzene rings is 1. The smallest absolute Gasteiger partial charge is 0.354 e. The average Bonchev–Trinajstić information content (AvgIpc) is 2.73. The molecule has 1 aromatic heterocycles. The summed E-state index contributed by atoms with van der Waals surface area (Å²) >= 11 is 0. The highest BCUT2D eigenvalue weighted by atomic mass is 16.5. The summed E-state index contributed by atoms with van der Waals surface area (Å²) in [6.07, 6.45) is 0. The summed E-state index contributed by atoms with van der Waals surface area (Å²) in [5, 5.41) is 0.893. The molecule has 0 aliphatic rings. The van der Waals surface area contributed by atoms with Gasteiger partial charge in [0, 0.05) is 10.9 Å². The summed E-state index contributed by atoms with van der Waals surface area (Å²) in [5.41, 5.74) is 1.30. The molecule has 1 aromatic carbocycles. The third kappa shape index (κ3) is 1.74. The first-order chi connectivity index (χ1) is 7.76. The SMILES string of the molecule is CCOc1cccc2[nH]c(C(=O)OC)cc12. The summed E-state index contributed by atoms with van der Waals surface area (Å²) in [6, 6.07) is 7.39. The monoisotopic (exact) mass is 219 g/mol. The zero-order chi connectivity index (χ0) is 11.5. The lowest BCUT2D eigenvalue weighted by Gasteiger charge is -2.02. The van der Waals surface area contributed by atoms with Gasteiger partial charge in [-0.25, -0.2) is 4.79 Å². The van der Waals surface area contributed by atoms with Crippen molar-refractivity contribution in [3.05, 3.63) is 30.0 Å². The minimum Gasteiger partial charge on any atom is -0.493 e. The van der Waals surface area contributed by atoms with E-state index in [1.54, 1.807) is 6.07 Å². The van der Waals surface area contributed by atoms with Gasteiger partial charge >= 0.3 is 5.97 Å². The summed E-state index contributed by atoms with van der Waals surface area (Å²) in [7, 11) is 1.36. The van der Waals surface area contributed by atoms with E-state index in [-0.39, 0.29) is 5.97 Å². The van der Waals surface area contributed by atoms with E-state index in [1.165, 1.54) is 7.11 Å². The summed E-state index contributed by atoms with van der Waals surface area (Å²) < 4.78 is 10.1. The van der Waals surface area contributed by atoms with E-state index in [9.17, 15) is 4.79 Å². The Hall–Kier alpha value is -1.97. The van der Waals surface area contributed by atoms with Gasteiger partial charge in [0.2, 0.25) is 0 Å². The Kier molecular flexibility index (Phi) is 2.81.